The average molecular weight is 321 g/mol. The fraction of sp³-hybridized carbons (Fsp3) is 0.533. The molecule has 118 valence electrons. The van der Waals surface area contributed by atoms with Gasteiger partial charge in [-0.1, -0.05) is 19.3 Å². The lowest BCUT2D eigenvalue weighted by atomic mass is 9.85. The van der Waals surface area contributed by atoms with E-state index in [1.807, 2.05) is 0 Å². The number of anilines is 1. The van der Waals surface area contributed by atoms with Crippen LogP contribution in [0.1, 0.15) is 47.3 Å². The molecule has 1 saturated carbocycles. The molecule has 7 heteroatoms. The number of thiophene rings is 1. The van der Waals surface area contributed by atoms with E-state index in [0.29, 0.717) is 22.8 Å². The van der Waals surface area contributed by atoms with Crippen molar-refractivity contribution in [3.63, 3.8) is 0 Å². The van der Waals surface area contributed by atoms with E-state index in [2.05, 4.69) is 15.3 Å². The van der Waals surface area contributed by atoms with Crippen LogP contribution in [0.5, 0.6) is 0 Å². The highest BCUT2D eigenvalue weighted by atomic mass is 32.1. The van der Waals surface area contributed by atoms with Gasteiger partial charge in [-0.2, -0.15) is 0 Å². The van der Waals surface area contributed by atoms with Gasteiger partial charge < -0.3 is 15.5 Å². The van der Waals surface area contributed by atoms with Gasteiger partial charge in [-0.25, -0.2) is 14.8 Å². The zero-order valence-electron chi connectivity index (χ0n) is 12.4. The summed E-state index contributed by atoms with van der Waals surface area (Å²) in [6, 6.07) is 0. The molecule has 0 aromatic carbocycles. The summed E-state index contributed by atoms with van der Waals surface area (Å²) in [5, 5.41) is 23.7. The highest BCUT2D eigenvalue weighted by Crippen LogP contribution is 2.34. The number of carboxylic acid groups (broad SMARTS) is 1. The van der Waals surface area contributed by atoms with E-state index in [-0.39, 0.29) is 4.88 Å². The summed E-state index contributed by atoms with van der Waals surface area (Å²) >= 11 is 1.15. The number of nitrogens with zero attached hydrogens (tertiary/aromatic N) is 2. The normalized spacial score (nSPS) is 17.5. The molecule has 0 radical (unpaired) electrons. The molecule has 0 saturated heterocycles. The first-order valence-corrected chi connectivity index (χ1v) is 8.25. The van der Waals surface area contributed by atoms with Crippen molar-refractivity contribution in [2.24, 2.45) is 0 Å². The number of rotatable bonds is 4. The van der Waals surface area contributed by atoms with Gasteiger partial charge in [0.05, 0.1) is 11.0 Å². The third kappa shape index (κ3) is 2.78. The fourth-order valence-electron chi connectivity index (χ4n) is 3.04. The maximum atomic E-state index is 11.3. The van der Waals surface area contributed by atoms with Crippen molar-refractivity contribution < 1.29 is 15.0 Å². The molecule has 1 fully saturated rings. The molecule has 2 heterocycles. The van der Waals surface area contributed by atoms with Crippen LogP contribution in [0, 0.1) is 6.92 Å². The third-order valence-corrected chi connectivity index (χ3v) is 5.48. The minimum atomic E-state index is -0.947. The van der Waals surface area contributed by atoms with Gasteiger partial charge in [-0.15, -0.1) is 11.3 Å². The van der Waals surface area contributed by atoms with E-state index in [9.17, 15) is 15.0 Å². The molecule has 22 heavy (non-hydrogen) atoms. The number of aliphatic hydroxyl groups is 1. The van der Waals surface area contributed by atoms with E-state index in [1.54, 1.807) is 6.92 Å². The van der Waals surface area contributed by atoms with E-state index in [4.69, 9.17) is 0 Å². The number of carbonyl (C=O) groups is 1. The quantitative estimate of drug-likeness (QED) is 0.801. The Kier molecular flexibility index (Phi) is 4.01. The van der Waals surface area contributed by atoms with Gasteiger partial charge in [0.2, 0.25) is 0 Å². The molecule has 2 aromatic heterocycles. The van der Waals surface area contributed by atoms with Crippen LogP contribution < -0.4 is 5.32 Å². The van der Waals surface area contributed by atoms with Crippen molar-refractivity contribution in [3.8, 4) is 0 Å². The Morgan fingerprint density at radius 3 is 2.77 bits per heavy atom. The van der Waals surface area contributed by atoms with Crippen molar-refractivity contribution in [1.82, 2.24) is 9.97 Å². The summed E-state index contributed by atoms with van der Waals surface area (Å²) in [5.41, 5.74) is -0.0269. The summed E-state index contributed by atoms with van der Waals surface area (Å²) in [7, 11) is 0. The highest BCUT2D eigenvalue weighted by Gasteiger charge is 2.29. The maximum absolute atomic E-state index is 11.3. The van der Waals surface area contributed by atoms with Crippen LogP contribution >= 0.6 is 11.3 Å². The molecule has 0 atom stereocenters. The van der Waals surface area contributed by atoms with Gasteiger partial charge in [0.1, 0.15) is 21.9 Å². The maximum Gasteiger partial charge on any atom is 0.346 e. The smallest absolute Gasteiger partial charge is 0.346 e. The van der Waals surface area contributed by atoms with Gasteiger partial charge in [-0.05, 0) is 25.3 Å². The van der Waals surface area contributed by atoms with E-state index in [0.717, 1.165) is 42.4 Å². The van der Waals surface area contributed by atoms with Crippen LogP contribution in [0.4, 0.5) is 5.82 Å². The van der Waals surface area contributed by atoms with Crippen molar-refractivity contribution in [2.75, 3.05) is 11.9 Å². The van der Waals surface area contributed by atoms with Crippen LogP contribution in [-0.2, 0) is 0 Å². The monoisotopic (exact) mass is 321 g/mol. The molecular formula is C15H19N3O3S. The largest absolute Gasteiger partial charge is 0.477 e. The van der Waals surface area contributed by atoms with Gasteiger partial charge in [0.15, 0.2) is 0 Å². The molecule has 2 aromatic rings. The average Bonchev–Trinajstić information content (AvgIpc) is 2.84. The minimum Gasteiger partial charge on any atom is -0.477 e. The van der Waals surface area contributed by atoms with E-state index in [1.165, 1.54) is 12.7 Å². The lowest BCUT2D eigenvalue weighted by Gasteiger charge is -2.32. The van der Waals surface area contributed by atoms with Crippen molar-refractivity contribution >= 4 is 33.3 Å². The molecule has 0 spiro atoms. The molecule has 0 amide bonds. The van der Waals surface area contributed by atoms with Crippen LogP contribution in [0.3, 0.4) is 0 Å². The summed E-state index contributed by atoms with van der Waals surface area (Å²) in [6.07, 6.45) is 6.26. The Hall–Kier alpha value is -1.73. The summed E-state index contributed by atoms with van der Waals surface area (Å²) in [4.78, 5) is 20.6. The number of fused-ring (bicyclic) bond motifs is 1. The first kappa shape index (κ1) is 15.2. The Bertz CT molecular complexity index is 707. The number of carboxylic acids is 1. The Morgan fingerprint density at radius 1 is 1.36 bits per heavy atom. The fourth-order valence-corrected chi connectivity index (χ4v) is 4.03. The summed E-state index contributed by atoms with van der Waals surface area (Å²) < 4.78 is 0. The predicted octanol–water partition coefficient (Wildman–Crippen LogP) is 2.81. The van der Waals surface area contributed by atoms with Crippen LogP contribution in [0.2, 0.25) is 0 Å². The van der Waals surface area contributed by atoms with Crippen LogP contribution in [0.25, 0.3) is 10.2 Å². The second-order valence-corrected chi connectivity index (χ2v) is 6.90. The highest BCUT2D eigenvalue weighted by molar-refractivity contribution is 7.20. The Balaban J connectivity index is 1.89. The van der Waals surface area contributed by atoms with Crippen molar-refractivity contribution in [3.05, 3.63) is 16.8 Å². The number of hydrogen-bond donors (Lipinski definition) is 3. The van der Waals surface area contributed by atoms with Gasteiger partial charge in [-0.3, -0.25) is 0 Å². The molecule has 0 aliphatic heterocycles. The van der Waals surface area contributed by atoms with Gasteiger partial charge in [0, 0.05) is 6.54 Å². The second-order valence-electron chi connectivity index (χ2n) is 5.90. The number of aromatic carboxylic acids is 1. The topological polar surface area (TPSA) is 95.3 Å². The van der Waals surface area contributed by atoms with Gasteiger partial charge in [0.25, 0.3) is 0 Å². The zero-order chi connectivity index (χ0) is 15.7. The molecule has 1 aliphatic carbocycles. The van der Waals surface area contributed by atoms with Crippen LogP contribution in [0.15, 0.2) is 6.33 Å². The first-order valence-electron chi connectivity index (χ1n) is 7.44. The molecular weight excluding hydrogens is 302 g/mol. The lowest BCUT2D eigenvalue weighted by molar-refractivity contribution is 0.0167. The standard InChI is InChI=1S/C15H19N3O3S/c1-9-10-12(16-7-15(21)5-3-2-4-6-15)17-8-18-13(10)22-11(9)14(19)20/h8,21H,2-7H2,1H3,(H,19,20)(H,16,17,18). The van der Waals surface area contributed by atoms with E-state index >= 15 is 0 Å². The Labute approximate surface area is 132 Å². The van der Waals surface area contributed by atoms with Crippen LogP contribution in [-0.4, -0.2) is 38.3 Å². The van der Waals surface area contributed by atoms with E-state index < -0.39 is 11.6 Å². The molecule has 6 nitrogen and oxygen atoms in total. The Morgan fingerprint density at radius 2 is 2.09 bits per heavy atom. The number of aryl methyl sites for hydroxylation is 1. The number of hydrogen-bond acceptors (Lipinski definition) is 6. The molecule has 3 rings (SSSR count). The molecule has 0 bridgehead atoms. The SMILES string of the molecule is Cc1c(C(=O)O)sc2ncnc(NCC3(O)CCCCC3)c12. The zero-order valence-corrected chi connectivity index (χ0v) is 13.2. The lowest BCUT2D eigenvalue weighted by Crippen LogP contribution is -2.39. The molecule has 3 N–H and O–H groups in total. The number of aromatic nitrogens is 2. The molecule has 1 aliphatic rings. The first-order chi connectivity index (χ1) is 10.5. The van der Waals surface area contributed by atoms with Crippen molar-refractivity contribution in [2.45, 2.75) is 44.6 Å². The number of nitrogens with one attached hydrogen (secondary N) is 1. The minimum absolute atomic E-state index is 0.287. The predicted molar refractivity (Wildman–Crippen MR) is 85.6 cm³/mol. The van der Waals surface area contributed by atoms with Crippen molar-refractivity contribution in [1.29, 1.82) is 0 Å². The molecule has 0 unspecified atom stereocenters. The van der Waals surface area contributed by atoms with Gasteiger partial charge >= 0.3 is 5.97 Å². The summed E-state index contributed by atoms with van der Waals surface area (Å²) in [6.45, 7) is 2.20. The summed E-state index contributed by atoms with van der Waals surface area (Å²) in [5.74, 6) is -0.345. The second kappa shape index (κ2) is 5.81. The third-order valence-electron chi connectivity index (χ3n) is 4.29.